The predicted molar refractivity (Wildman–Crippen MR) is 222 cm³/mol. The lowest BCUT2D eigenvalue weighted by molar-refractivity contribution is -0.151. The molecule has 1 aromatic rings. The molecule has 8 heteroatoms. The summed E-state index contributed by atoms with van der Waals surface area (Å²) >= 11 is 6.87. The molecule has 0 bridgehead atoms. The number of rotatable bonds is 12. The van der Waals surface area contributed by atoms with Crippen molar-refractivity contribution in [3.05, 3.63) is 34.0 Å². The summed E-state index contributed by atoms with van der Waals surface area (Å²) in [5, 5.41) is 2.90. The summed E-state index contributed by atoms with van der Waals surface area (Å²) in [4.78, 5) is 26.2. The lowest BCUT2D eigenvalue weighted by Crippen LogP contribution is -2.51. The van der Waals surface area contributed by atoms with Crippen molar-refractivity contribution in [3.8, 4) is 0 Å². The van der Waals surface area contributed by atoms with Gasteiger partial charge < -0.3 is 15.8 Å². The van der Waals surface area contributed by atoms with Crippen LogP contribution in [-0.2, 0) is 20.7 Å². The van der Waals surface area contributed by atoms with E-state index in [1.165, 1.54) is 56.9 Å². The third-order valence-electron chi connectivity index (χ3n) is 13.6. The third-order valence-corrected chi connectivity index (χ3v) is 16.7. The summed E-state index contributed by atoms with van der Waals surface area (Å²) in [7, 11) is 0. The van der Waals surface area contributed by atoms with Gasteiger partial charge in [-0.05, 0) is 184 Å². The Balaban J connectivity index is 1.14. The van der Waals surface area contributed by atoms with Crippen LogP contribution in [0.15, 0.2) is 17.7 Å². The topological polar surface area (TPSA) is 81.4 Å². The van der Waals surface area contributed by atoms with Crippen LogP contribution in [0.5, 0.6) is 0 Å². The maximum absolute atomic E-state index is 13.2. The summed E-state index contributed by atoms with van der Waals surface area (Å²) in [5.41, 5.74) is 10.4. The van der Waals surface area contributed by atoms with E-state index < -0.39 is 0 Å². The number of ether oxygens (including phenoxy) is 1. The maximum atomic E-state index is 13.2. The zero-order valence-corrected chi connectivity index (χ0v) is 36.6. The van der Waals surface area contributed by atoms with Crippen LogP contribution in [0, 0.1) is 63.0 Å². The minimum Gasteiger partial charge on any atom is -0.461 e. The number of nitrogens with one attached hydrogen (secondary N) is 1. The van der Waals surface area contributed by atoms with Gasteiger partial charge in [0.25, 0.3) is 0 Å². The zero-order valence-electron chi connectivity index (χ0n) is 30.1. The highest BCUT2D eigenvalue weighted by atomic mass is 127. The summed E-state index contributed by atoms with van der Waals surface area (Å²) in [6.45, 7) is 14.4. The molecule has 0 spiro atoms. The number of carbonyl (C=O) groups is 2. The van der Waals surface area contributed by atoms with Gasteiger partial charge >= 0.3 is 5.97 Å². The first-order valence-corrected chi connectivity index (χ1v) is 22.0. The Kier molecular flexibility index (Phi) is 13.3. The van der Waals surface area contributed by atoms with E-state index in [-0.39, 0.29) is 35.9 Å². The van der Waals surface area contributed by atoms with Gasteiger partial charge in [0.2, 0.25) is 5.91 Å². The number of esters is 1. The van der Waals surface area contributed by atoms with Gasteiger partial charge in [0, 0.05) is 23.0 Å². The molecule has 5 rings (SSSR count). The molecular formula is C40H59I3N2O3. The number of fused-ring (bicyclic) bond motifs is 5. The van der Waals surface area contributed by atoms with Gasteiger partial charge in [-0.2, -0.15) is 0 Å². The van der Waals surface area contributed by atoms with E-state index in [0.717, 1.165) is 76.7 Å². The average Bonchev–Trinajstić information content (AvgIpc) is 3.40. The summed E-state index contributed by atoms with van der Waals surface area (Å²) in [6, 6.07) is 2.07. The van der Waals surface area contributed by atoms with Gasteiger partial charge in [0.1, 0.15) is 12.6 Å². The molecule has 4 aliphatic rings. The zero-order chi connectivity index (χ0) is 35.0. The molecular weight excluding hydrogens is 937 g/mol. The molecule has 1 amide bonds. The highest BCUT2D eigenvalue weighted by Gasteiger charge is 2.59. The highest BCUT2D eigenvalue weighted by Crippen LogP contribution is 2.67. The maximum Gasteiger partial charge on any atom is 0.325 e. The monoisotopic (exact) mass is 996 g/mol. The van der Waals surface area contributed by atoms with Crippen molar-refractivity contribution in [3.63, 3.8) is 0 Å². The fourth-order valence-corrected chi connectivity index (χ4v) is 14.6. The summed E-state index contributed by atoms with van der Waals surface area (Å²) < 4.78 is 9.18. The standard InChI is InChI=1S/C40H59I3N2O3/c1-7-25(19-29-33(41)21-34(42)37(44)36(29)43)38(47)45-22-35(46)48-27-15-17-39(5)26(20-27)11-12-28-31-14-13-30(24(4)10-8-9-23(2)3)40(31,6)18-16-32(28)39/h11,21,23-25,27-28,30-32H,7-10,12-20,22,44H2,1-6H3,(H,45,47)/t24-,25?,27+,28?,30-,31?,32?,39+,40-/m1/s1. The van der Waals surface area contributed by atoms with Crippen LogP contribution in [0.25, 0.3) is 0 Å². The molecule has 3 saturated carbocycles. The van der Waals surface area contributed by atoms with Crippen LogP contribution < -0.4 is 11.1 Å². The number of benzene rings is 1. The van der Waals surface area contributed by atoms with E-state index in [9.17, 15) is 9.59 Å². The largest absolute Gasteiger partial charge is 0.461 e. The molecule has 9 atom stereocenters. The Hall–Kier alpha value is -0.110. The molecule has 0 radical (unpaired) electrons. The van der Waals surface area contributed by atoms with Crippen molar-refractivity contribution < 1.29 is 14.3 Å². The van der Waals surface area contributed by atoms with Crippen molar-refractivity contribution in [2.24, 2.45) is 52.3 Å². The van der Waals surface area contributed by atoms with Crippen LogP contribution in [-0.4, -0.2) is 24.5 Å². The van der Waals surface area contributed by atoms with Crippen molar-refractivity contribution in [1.82, 2.24) is 5.32 Å². The molecule has 0 saturated heterocycles. The van der Waals surface area contributed by atoms with Gasteiger partial charge in [-0.1, -0.05) is 72.5 Å². The lowest BCUT2D eigenvalue weighted by Gasteiger charge is -2.58. The van der Waals surface area contributed by atoms with Gasteiger partial charge in [-0.25, -0.2) is 0 Å². The Bertz CT molecular complexity index is 1380. The Morgan fingerprint density at radius 1 is 1.02 bits per heavy atom. The van der Waals surface area contributed by atoms with Gasteiger partial charge in [-0.3, -0.25) is 9.59 Å². The van der Waals surface area contributed by atoms with E-state index in [2.05, 4.69) is 120 Å². The van der Waals surface area contributed by atoms with Crippen molar-refractivity contribution in [2.45, 2.75) is 131 Å². The normalized spacial score (nSPS) is 32.5. The number of nitrogens with two attached hydrogens (primary N) is 1. The molecule has 3 fully saturated rings. The van der Waals surface area contributed by atoms with E-state index in [4.69, 9.17) is 10.5 Å². The molecule has 4 unspecified atom stereocenters. The van der Waals surface area contributed by atoms with Crippen LogP contribution in [0.2, 0.25) is 0 Å². The number of allylic oxidation sites excluding steroid dienone is 1. The van der Waals surface area contributed by atoms with E-state index in [1.807, 2.05) is 6.92 Å². The summed E-state index contributed by atoms with van der Waals surface area (Å²) in [5.74, 6) is 4.28. The molecule has 4 aliphatic carbocycles. The third kappa shape index (κ3) is 8.09. The smallest absolute Gasteiger partial charge is 0.325 e. The molecule has 3 N–H and O–H groups in total. The number of hydrogen-bond donors (Lipinski definition) is 2. The van der Waals surface area contributed by atoms with Crippen molar-refractivity contribution in [1.29, 1.82) is 0 Å². The lowest BCUT2D eigenvalue weighted by atomic mass is 9.47. The van der Waals surface area contributed by atoms with Crippen LogP contribution in [0.3, 0.4) is 0 Å². The van der Waals surface area contributed by atoms with Crippen LogP contribution in [0.4, 0.5) is 5.69 Å². The van der Waals surface area contributed by atoms with Crippen molar-refractivity contribution in [2.75, 3.05) is 12.3 Å². The molecule has 268 valence electrons. The van der Waals surface area contributed by atoms with Gasteiger partial charge in [0.15, 0.2) is 0 Å². The van der Waals surface area contributed by atoms with Gasteiger partial charge in [-0.15, -0.1) is 0 Å². The fourth-order valence-electron chi connectivity index (χ4n) is 10.8. The van der Waals surface area contributed by atoms with Crippen molar-refractivity contribution >= 4 is 85.3 Å². The minimum atomic E-state index is -0.322. The minimum absolute atomic E-state index is 0.0762. The number of nitrogen functional groups attached to an aromatic ring is 1. The predicted octanol–water partition coefficient (Wildman–Crippen LogP) is 10.7. The van der Waals surface area contributed by atoms with Crippen LogP contribution >= 0.6 is 67.8 Å². The molecule has 5 nitrogen and oxygen atoms in total. The second-order valence-electron chi connectivity index (χ2n) is 16.7. The first kappa shape index (κ1) is 39.1. The van der Waals surface area contributed by atoms with E-state index in [1.54, 1.807) is 0 Å². The number of anilines is 1. The number of halogens is 3. The second kappa shape index (κ2) is 16.3. The molecule has 1 aromatic carbocycles. The molecule has 0 aliphatic heterocycles. The first-order valence-electron chi connectivity index (χ1n) is 18.8. The van der Waals surface area contributed by atoms with Crippen LogP contribution in [0.1, 0.15) is 124 Å². The molecule has 0 aromatic heterocycles. The summed E-state index contributed by atoms with van der Waals surface area (Å²) in [6.07, 6.45) is 17.5. The Morgan fingerprint density at radius 3 is 2.48 bits per heavy atom. The average molecular weight is 997 g/mol. The highest BCUT2D eigenvalue weighted by molar-refractivity contribution is 14.1. The van der Waals surface area contributed by atoms with E-state index >= 15 is 0 Å². The molecule has 48 heavy (non-hydrogen) atoms. The quantitative estimate of drug-likeness (QED) is 0.0946. The Morgan fingerprint density at radius 2 is 1.77 bits per heavy atom. The Labute approximate surface area is 331 Å². The SMILES string of the molecule is CCC(Cc1c(I)cc(I)c(N)c1I)C(=O)NCC(=O)O[C@H]1CC[C@@]2(C)C(=CCC3C2CC[C@@]2(C)C3CC[C@@H]2[C@H](C)CCCC(C)C)C1. The number of carbonyl (C=O) groups excluding carboxylic acids is 2. The van der Waals surface area contributed by atoms with Gasteiger partial charge in [0.05, 0.1) is 5.69 Å². The first-order chi connectivity index (χ1) is 22.7. The number of amides is 1. The second-order valence-corrected chi connectivity index (χ2v) is 20.1. The number of hydrogen-bond acceptors (Lipinski definition) is 4. The fraction of sp³-hybridized carbons (Fsp3) is 0.750. The molecule has 0 heterocycles. The van der Waals surface area contributed by atoms with E-state index in [0.29, 0.717) is 18.3 Å².